The normalized spacial score (nSPS) is 24.3. The van der Waals surface area contributed by atoms with E-state index in [9.17, 15) is 4.79 Å². The number of ketones is 1. The molecular formula is C13H25NO2. The summed E-state index contributed by atoms with van der Waals surface area (Å²) in [6.45, 7) is 5.01. The van der Waals surface area contributed by atoms with Crippen LogP contribution in [0.25, 0.3) is 0 Å². The summed E-state index contributed by atoms with van der Waals surface area (Å²) in [4.78, 5) is 11.8. The molecule has 1 fully saturated rings. The number of ether oxygens (including phenoxy) is 1. The molecule has 0 saturated carbocycles. The van der Waals surface area contributed by atoms with Gasteiger partial charge in [-0.25, -0.2) is 0 Å². The fourth-order valence-electron chi connectivity index (χ4n) is 2.11. The van der Waals surface area contributed by atoms with E-state index in [0.29, 0.717) is 18.4 Å². The van der Waals surface area contributed by atoms with E-state index in [1.807, 2.05) is 6.92 Å². The molecule has 16 heavy (non-hydrogen) atoms. The van der Waals surface area contributed by atoms with E-state index in [2.05, 4.69) is 6.92 Å². The van der Waals surface area contributed by atoms with Crippen LogP contribution < -0.4 is 5.73 Å². The minimum atomic E-state index is -0.269. The maximum Gasteiger partial charge on any atom is 0.149 e. The smallest absolute Gasteiger partial charge is 0.149 e. The number of rotatable bonds is 7. The first-order chi connectivity index (χ1) is 7.65. The lowest BCUT2D eigenvalue weighted by Gasteiger charge is -2.17. The van der Waals surface area contributed by atoms with Crippen LogP contribution in [0.4, 0.5) is 0 Å². The summed E-state index contributed by atoms with van der Waals surface area (Å²) in [6.07, 6.45) is 6.25. The van der Waals surface area contributed by atoms with Crippen molar-refractivity contribution >= 4 is 5.78 Å². The molecule has 94 valence electrons. The molecule has 0 aliphatic carbocycles. The summed E-state index contributed by atoms with van der Waals surface area (Å²) < 4.78 is 5.52. The highest BCUT2D eigenvalue weighted by Crippen LogP contribution is 2.18. The number of Topliss-reactive ketones (excluding diaryl/α,β-unsaturated/α-hetero) is 1. The van der Waals surface area contributed by atoms with Crippen molar-refractivity contribution in [2.75, 3.05) is 6.61 Å². The summed E-state index contributed by atoms with van der Waals surface area (Å²) in [5.74, 6) is 0.516. The first-order valence-corrected chi connectivity index (χ1v) is 6.55. The molecule has 3 heteroatoms. The highest BCUT2D eigenvalue weighted by atomic mass is 16.5. The van der Waals surface area contributed by atoms with Crippen molar-refractivity contribution in [3.05, 3.63) is 0 Å². The molecule has 0 aromatic heterocycles. The molecule has 0 aromatic carbocycles. The van der Waals surface area contributed by atoms with Gasteiger partial charge in [0.1, 0.15) is 5.78 Å². The zero-order valence-corrected chi connectivity index (χ0v) is 10.6. The topological polar surface area (TPSA) is 52.3 Å². The Bertz CT molecular complexity index is 212. The van der Waals surface area contributed by atoms with Crippen LogP contribution in [-0.4, -0.2) is 24.5 Å². The monoisotopic (exact) mass is 227 g/mol. The molecular weight excluding hydrogens is 202 g/mol. The zero-order chi connectivity index (χ0) is 12.0. The lowest BCUT2D eigenvalue weighted by molar-refractivity contribution is -0.121. The van der Waals surface area contributed by atoms with Crippen molar-refractivity contribution in [3.63, 3.8) is 0 Å². The van der Waals surface area contributed by atoms with Gasteiger partial charge in [0.15, 0.2) is 0 Å². The van der Waals surface area contributed by atoms with Crippen molar-refractivity contribution in [1.82, 2.24) is 0 Å². The van der Waals surface area contributed by atoms with Crippen molar-refractivity contribution in [2.45, 2.75) is 64.5 Å². The first kappa shape index (κ1) is 13.7. The summed E-state index contributed by atoms with van der Waals surface area (Å²) >= 11 is 0. The van der Waals surface area contributed by atoms with Crippen LogP contribution in [-0.2, 0) is 9.53 Å². The van der Waals surface area contributed by atoms with E-state index in [1.165, 1.54) is 6.42 Å². The van der Waals surface area contributed by atoms with Crippen molar-refractivity contribution in [2.24, 2.45) is 11.7 Å². The predicted molar refractivity (Wildman–Crippen MR) is 65.3 cm³/mol. The minimum Gasteiger partial charge on any atom is -0.378 e. The van der Waals surface area contributed by atoms with Crippen LogP contribution in [0.3, 0.4) is 0 Å². The van der Waals surface area contributed by atoms with Crippen LogP contribution in [0.5, 0.6) is 0 Å². The van der Waals surface area contributed by atoms with Gasteiger partial charge in [-0.05, 0) is 31.6 Å². The molecule has 2 N–H and O–H groups in total. The van der Waals surface area contributed by atoms with E-state index in [0.717, 1.165) is 32.3 Å². The van der Waals surface area contributed by atoms with Crippen molar-refractivity contribution < 1.29 is 9.53 Å². The van der Waals surface area contributed by atoms with Gasteiger partial charge in [-0.3, -0.25) is 4.79 Å². The van der Waals surface area contributed by atoms with E-state index in [-0.39, 0.29) is 11.8 Å². The van der Waals surface area contributed by atoms with E-state index >= 15 is 0 Å². The number of carbonyl (C=O) groups is 1. The van der Waals surface area contributed by atoms with Crippen molar-refractivity contribution in [3.8, 4) is 0 Å². The van der Waals surface area contributed by atoms with Crippen LogP contribution in [0.15, 0.2) is 0 Å². The van der Waals surface area contributed by atoms with Gasteiger partial charge in [0.2, 0.25) is 0 Å². The fourth-order valence-corrected chi connectivity index (χ4v) is 2.11. The number of hydrogen-bond acceptors (Lipinski definition) is 3. The summed E-state index contributed by atoms with van der Waals surface area (Å²) in [5.41, 5.74) is 5.88. The van der Waals surface area contributed by atoms with Gasteiger partial charge >= 0.3 is 0 Å². The number of carbonyl (C=O) groups excluding carboxylic acids is 1. The van der Waals surface area contributed by atoms with Gasteiger partial charge in [0, 0.05) is 13.0 Å². The zero-order valence-electron chi connectivity index (χ0n) is 10.6. The third kappa shape index (κ3) is 4.22. The Kier molecular flexibility index (Phi) is 5.99. The fraction of sp³-hybridized carbons (Fsp3) is 0.923. The number of hydrogen-bond donors (Lipinski definition) is 1. The van der Waals surface area contributed by atoms with Crippen LogP contribution >= 0.6 is 0 Å². The molecule has 1 rings (SSSR count). The van der Waals surface area contributed by atoms with Gasteiger partial charge < -0.3 is 10.5 Å². The third-order valence-electron chi connectivity index (χ3n) is 3.60. The van der Waals surface area contributed by atoms with E-state index in [1.54, 1.807) is 0 Å². The van der Waals surface area contributed by atoms with Crippen LogP contribution in [0.2, 0.25) is 0 Å². The molecule has 0 aromatic rings. The lowest BCUT2D eigenvalue weighted by Crippen LogP contribution is -2.36. The molecule has 3 atom stereocenters. The molecule has 0 bridgehead atoms. The maximum absolute atomic E-state index is 11.8. The Morgan fingerprint density at radius 1 is 1.56 bits per heavy atom. The predicted octanol–water partition coefficient (Wildman–Crippen LogP) is 2.28. The highest BCUT2D eigenvalue weighted by molar-refractivity contribution is 5.83. The molecule has 0 spiro atoms. The number of nitrogens with two attached hydrogens (primary N) is 1. The average Bonchev–Trinajstić information content (AvgIpc) is 2.79. The molecule has 0 amide bonds. The van der Waals surface area contributed by atoms with E-state index < -0.39 is 0 Å². The van der Waals surface area contributed by atoms with Gasteiger partial charge in [0.25, 0.3) is 0 Å². The molecule has 1 aliphatic heterocycles. The Hall–Kier alpha value is -0.410. The summed E-state index contributed by atoms with van der Waals surface area (Å²) in [5, 5.41) is 0. The SMILES string of the molecule is CCC(C)C(N)C(=O)CCCC1CCCO1. The van der Waals surface area contributed by atoms with Crippen LogP contribution in [0, 0.1) is 5.92 Å². The van der Waals surface area contributed by atoms with Gasteiger partial charge in [-0.15, -0.1) is 0 Å². The highest BCUT2D eigenvalue weighted by Gasteiger charge is 2.20. The minimum absolute atomic E-state index is 0.215. The molecule has 0 radical (unpaired) electrons. The third-order valence-corrected chi connectivity index (χ3v) is 3.60. The maximum atomic E-state index is 11.8. The Balaban J connectivity index is 2.13. The lowest BCUT2D eigenvalue weighted by atomic mass is 9.93. The van der Waals surface area contributed by atoms with Crippen molar-refractivity contribution in [1.29, 1.82) is 0 Å². The Labute approximate surface area is 98.7 Å². The average molecular weight is 227 g/mol. The molecule has 3 unspecified atom stereocenters. The van der Waals surface area contributed by atoms with Gasteiger partial charge in [0.05, 0.1) is 12.1 Å². The standard InChI is InChI=1S/C13H25NO2/c1-3-10(2)13(14)12(15)8-4-6-11-7-5-9-16-11/h10-11,13H,3-9,14H2,1-2H3. The summed E-state index contributed by atoms with van der Waals surface area (Å²) in [6, 6.07) is -0.269. The molecule has 3 nitrogen and oxygen atoms in total. The second-order valence-corrected chi connectivity index (χ2v) is 4.90. The first-order valence-electron chi connectivity index (χ1n) is 6.55. The second-order valence-electron chi connectivity index (χ2n) is 4.90. The second kappa shape index (κ2) is 7.02. The van der Waals surface area contributed by atoms with Gasteiger partial charge in [-0.1, -0.05) is 20.3 Å². The molecule has 1 saturated heterocycles. The van der Waals surface area contributed by atoms with E-state index in [4.69, 9.17) is 10.5 Å². The Morgan fingerprint density at radius 3 is 2.88 bits per heavy atom. The Morgan fingerprint density at radius 2 is 2.31 bits per heavy atom. The largest absolute Gasteiger partial charge is 0.378 e. The van der Waals surface area contributed by atoms with Crippen LogP contribution in [0.1, 0.15) is 52.4 Å². The quantitative estimate of drug-likeness (QED) is 0.726. The van der Waals surface area contributed by atoms with Gasteiger partial charge in [-0.2, -0.15) is 0 Å². The summed E-state index contributed by atoms with van der Waals surface area (Å²) in [7, 11) is 0. The molecule has 1 aliphatic rings. The molecule has 1 heterocycles.